The summed E-state index contributed by atoms with van der Waals surface area (Å²) in [6.45, 7) is 1.82. The van der Waals surface area contributed by atoms with Crippen LogP contribution in [0.4, 0.5) is 5.69 Å². The summed E-state index contributed by atoms with van der Waals surface area (Å²) in [4.78, 5) is 12.2. The van der Waals surface area contributed by atoms with E-state index in [0.29, 0.717) is 37.7 Å². The Morgan fingerprint density at radius 1 is 1.14 bits per heavy atom. The number of amides is 1. The summed E-state index contributed by atoms with van der Waals surface area (Å²) in [6.07, 6.45) is 1.47. The van der Waals surface area contributed by atoms with E-state index in [1.54, 1.807) is 16.8 Å². The number of halogens is 3. The molecule has 0 fully saturated rings. The van der Waals surface area contributed by atoms with Crippen LogP contribution in [0, 0.1) is 6.92 Å². The van der Waals surface area contributed by atoms with Gasteiger partial charge < -0.3 is 5.32 Å². The van der Waals surface area contributed by atoms with Crippen molar-refractivity contribution in [2.24, 2.45) is 10.2 Å². The first-order valence-electron chi connectivity index (χ1n) is 8.18. The molecule has 2 heterocycles. The molecule has 0 saturated heterocycles. The Kier molecular flexibility index (Phi) is 4.93. The maximum atomic E-state index is 12.2. The van der Waals surface area contributed by atoms with Gasteiger partial charge in [0, 0.05) is 10.6 Å². The Bertz CT molecular complexity index is 1150. The van der Waals surface area contributed by atoms with E-state index in [1.807, 2.05) is 37.3 Å². The average Bonchev–Trinajstić information content (AvgIpc) is 3.13. The van der Waals surface area contributed by atoms with Gasteiger partial charge in [-0.25, -0.2) is 4.68 Å². The number of hydrogen-bond acceptors (Lipinski definition) is 4. The summed E-state index contributed by atoms with van der Waals surface area (Å²) >= 11 is 18.6. The van der Waals surface area contributed by atoms with Crippen LogP contribution in [-0.4, -0.2) is 27.6 Å². The first-order chi connectivity index (χ1) is 13.5. The molecule has 6 nitrogen and oxygen atoms in total. The third-order valence-corrected chi connectivity index (χ3v) is 5.04. The summed E-state index contributed by atoms with van der Waals surface area (Å²) in [5, 5.41) is 16.3. The van der Waals surface area contributed by atoms with Crippen molar-refractivity contribution in [3.63, 3.8) is 0 Å². The molecule has 0 unspecified atom stereocenters. The third-order valence-electron chi connectivity index (χ3n) is 4.16. The highest BCUT2D eigenvalue weighted by Crippen LogP contribution is 2.34. The highest BCUT2D eigenvalue weighted by Gasteiger charge is 2.28. The topological polar surface area (TPSA) is 71.6 Å². The van der Waals surface area contributed by atoms with E-state index in [-0.39, 0.29) is 5.71 Å². The minimum Gasteiger partial charge on any atom is -0.319 e. The van der Waals surface area contributed by atoms with Crippen LogP contribution in [0.1, 0.15) is 16.8 Å². The van der Waals surface area contributed by atoms with Gasteiger partial charge in [-0.05, 0) is 31.2 Å². The first kappa shape index (κ1) is 18.7. The van der Waals surface area contributed by atoms with Gasteiger partial charge in [0.1, 0.15) is 5.15 Å². The normalized spacial score (nSPS) is 14.7. The lowest BCUT2D eigenvalue weighted by Gasteiger charge is -2.01. The monoisotopic (exact) mass is 431 g/mol. The van der Waals surface area contributed by atoms with Gasteiger partial charge in [0.2, 0.25) is 0 Å². The van der Waals surface area contributed by atoms with Crippen LogP contribution in [0.5, 0.6) is 0 Å². The van der Waals surface area contributed by atoms with Gasteiger partial charge in [0.25, 0.3) is 5.91 Å². The number of aromatic nitrogens is 2. The molecule has 0 aliphatic carbocycles. The highest BCUT2D eigenvalue weighted by molar-refractivity contribution is 6.56. The van der Waals surface area contributed by atoms with E-state index >= 15 is 0 Å². The van der Waals surface area contributed by atoms with Crippen molar-refractivity contribution in [2.75, 3.05) is 5.32 Å². The molecule has 140 valence electrons. The van der Waals surface area contributed by atoms with E-state index in [1.165, 1.54) is 6.21 Å². The van der Waals surface area contributed by atoms with Gasteiger partial charge in [-0.2, -0.15) is 10.2 Å². The number of rotatable bonds is 3. The molecule has 0 bridgehead atoms. The number of nitrogens with zero attached hydrogens (tertiary/aromatic N) is 4. The zero-order chi connectivity index (χ0) is 19.8. The van der Waals surface area contributed by atoms with Crippen LogP contribution in [0.25, 0.3) is 5.69 Å². The van der Waals surface area contributed by atoms with Crippen LogP contribution >= 0.6 is 34.8 Å². The molecule has 1 N–H and O–H groups in total. The maximum Gasteiger partial charge on any atom is 0.276 e. The average molecular weight is 433 g/mol. The minimum absolute atomic E-state index is 0.125. The molecule has 0 atom stereocenters. The number of benzene rings is 2. The predicted octanol–water partition coefficient (Wildman–Crippen LogP) is 4.92. The number of fused-ring (bicyclic) bond motifs is 1. The lowest BCUT2D eigenvalue weighted by molar-refractivity contribution is -0.110. The number of anilines is 1. The molecule has 0 radical (unpaired) electrons. The molecule has 3 aromatic rings. The molecule has 1 aliphatic rings. The van der Waals surface area contributed by atoms with Crippen LogP contribution in [-0.2, 0) is 4.79 Å². The van der Waals surface area contributed by atoms with Gasteiger partial charge in [-0.1, -0.05) is 53.0 Å². The van der Waals surface area contributed by atoms with Crippen molar-refractivity contribution in [1.82, 2.24) is 9.78 Å². The van der Waals surface area contributed by atoms with Crippen molar-refractivity contribution >= 4 is 58.3 Å². The van der Waals surface area contributed by atoms with Crippen molar-refractivity contribution in [3.05, 3.63) is 74.5 Å². The fourth-order valence-electron chi connectivity index (χ4n) is 2.82. The number of para-hydroxylation sites is 1. The zero-order valence-electron chi connectivity index (χ0n) is 14.4. The summed E-state index contributed by atoms with van der Waals surface area (Å²) in [5.74, 6) is -0.404. The number of nitrogens with one attached hydrogen (secondary N) is 1. The Hall–Kier alpha value is -2.67. The Morgan fingerprint density at radius 2 is 1.89 bits per heavy atom. The zero-order valence-corrected chi connectivity index (χ0v) is 16.7. The first-order valence-corrected chi connectivity index (χ1v) is 9.31. The summed E-state index contributed by atoms with van der Waals surface area (Å²) in [7, 11) is 0. The molecule has 28 heavy (non-hydrogen) atoms. The molecule has 4 rings (SSSR count). The molecule has 9 heteroatoms. The molecule has 1 aromatic heterocycles. The number of hydrogen-bond donors (Lipinski definition) is 1. The standard InChI is InChI=1S/C19H12Cl3N5O/c1-10-14(18(22)27(26-10)12-5-3-2-4-6-12)9-23-25-17-13-7-11(20)8-15(21)16(13)24-19(17)28/h2-9H,1H3,(H,24,25,28). The van der Waals surface area contributed by atoms with Crippen LogP contribution in [0.3, 0.4) is 0 Å². The van der Waals surface area contributed by atoms with Gasteiger partial charge in [0.05, 0.1) is 33.9 Å². The predicted molar refractivity (Wildman–Crippen MR) is 113 cm³/mol. The molecule has 0 saturated carbocycles. The van der Waals surface area contributed by atoms with Crippen LogP contribution < -0.4 is 5.32 Å². The van der Waals surface area contributed by atoms with E-state index in [0.717, 1.165) is 5.69 Å². The Morgan fingerprint density at radius 3 is 2.64 bits per heavy atom. The van der Waals surface area contributed by atoms with Crippen LogP contribution in [0.15, 0.2) is 52.7 Å². The van der Waals surface area contributed by atoms with Crippen molar-refractivity contribution < 1.29 is 4.79 Å². The lowest BCUT2D eigenvalue weighted by Crippen LogP contribution is -2.13. The number of aryl methyl sites for hydroxylation is 1. The van der Waals surface area contributed by atoms with Crippen molar-refractivity contribution in [1.29, 1.82) is 0 Å². The van der Waals surface area contributed by atoms with Crippen LogP contribution in [0.2, 0.25) is 15.2 Å². The molecule has 1 amide bonds. The number of carbonyl (C=O) groups excluding carboxylic acids is 1. The maximum absolute atomic E-state index is 12.2. The second kappa shape index (κ2) is 7.39. The summed E-state index contributed by atoms with van der Waals surface area (Å²) < 4.78 is 1.61. The van der Waals surface area contributed by atoms with E-state index in [4.69, 9.17) is 34.8 Å². The quantitative estimate of drug-likeness (QED) is 0.471. The molecule has 2 aromatic carbocycles. The second-order valence-corrected chi connectivity index (χ2v) is 7.20. The highest BCUT2D eigenvalue weighted by atomic mass is 35.5. The third kappa shape index (κ3) is 3.30. The van der Waals surface area contributed by atoms with Crippen molar-refractivity contribution in [2.45, 2.75) is 6.92 Å². The lowest BCUT2D eigenvalue weighted by atomic mass is 10.1. The van der Waals surface area contributed by atoms with Gasteiger partial charge >= 0.3 is 0 Å². The SMILES string of the molecule is Cc1nn(-c2ccccc2)c(Cl)c1C=N/N=C1\C(=O)Nc2c(Cl)cc(Cl)cc21. The Balaban J connectivity index is 1.69. The molecular weight excluding hydrogens is 421 g/mol. The second-order valence-electron chi connectivity index (χ2n) is 5.99. The van der Waals surface area contributed by atoms with Gasteiger partial charge in [-0.3, -0.25) is 4.79 Å². The largest absolute Gasteiger partial charge is 0.319 e. The van der Waals surface area contributed by atoms with E-state index < -0.39 is 5.91 Å². The van der Waals surface area contributed by atoms with E-state index in [2.05, 4.69) is 20.6 Å². The summed E-state index contributed by atoms with van der Waals surface area (Å²) in [5.41, 5.74) is 3.21. The Labute approximate surface area is 175 Å². The van der Waals surface area contributed by atoms with E-state index in [9.17, 15) is 4.79 Å². The molecule has 1 aliphatic heterocycles. The smallest absolute Gasteiger partial charge is 0.276 e. The van der Waals surface area contributed by atoms with Gasteiger partial charge in [0.15, 0.2) is 5.71 Å². The van der Waals surface area contributed by atoms with Crippen molar-refractivity contribution in [3.8, 4) is 5.69 Å². The molecular formula is C19H12Cl3N5O. The van der Waals surface area contributed by atoms with Gasteiger partial charge in [-0.15, -0.1) is 5.10 Å². The summed E-state index contributed by atoms with van der Waals surface area (Å²) in [6, 6.07) is 12.7. The fourth-order valence-corrected chi connectivity index (χ4v) is 3.69. The number of carbonyl (C=O) groups is 1. The molecule has 0 spiro atoms. The fraction of sp³-hybridized carbons (Fsp3) is 0.0526. The minimum atomic E-state index is -0.404.